The lowest BCUT2D eigenvalue weighted by atomic mass is 10.2. The van der Waals surface area contributed by atoms with E-state index in [1.165, 1.54) is 0 Å². The van der Waals surface area contributed by atoms with Gasteiger partial charge in [0.05, 0.1) is 10.5 Å². The molecular formula is C13H14BrClFNO3S. The van der Waals surface area contributed by atoms with Gasteiger partial charge in [0.15, 0.2) is 0 Å². The molecule has 0 atom stereocenters. The van der Waals surface area contributed by atoms with Gasteiger partial charge in [-0.2, -0.15) is 0 Å². The van der Waals surface area contributed by atoms with E-state index >= 15 is 0 Å². The van der Waals surface area contributed by atoms with Crippen molar-refractivity contribution in [2.45, 2.75) is 30.6 Å². The second kappa shape index (κ2) is 6.62. The summed E-state index contributed by atoms with van der Waals surface area (Å²) in [4.78, 5) is 13.7. The van der Waals surface area contributed by atoms with Crippen LogP contribution in [0.5, 0.6) is 0 Å². The summed E-state index contributed by atoms with van der Waals surface area (Å²) in [7, 11) is 1.24. The Balaban J connectivity index is 2.40. The van der Waals surface area contributed by atoms with Crippen LogP contribution < -0.4 is 0 Å². The number of halogens is 3. The Morgan fingerprint density at radius 1 is 1.19 bits per heavy atom. The number of carbonyl (C=O) groups is 1. The normalized spacial score (nSPS) is 16.6. The number of hydrogen-bond acceptors (Lipinski definition) is 3. The molecule has 0 unspecified atom stereocenters. The molecule has 1 aromatic rings. The van der Waals surface area contributed by atoms with Crippen LogP contribution in [0.25, 0.3) is 0 Å². The van der Waals surface area contributed by atoms with Crippen molar-refractivity contribution >= 4 is 41.6 Å². The first kappa shape index (κ1) is 16.7. The lowest BCUT2D eigenvalue weighted by Crippen LogP contribution is -2.32. The minimum absolute atomic E-state index is 0.00224. The van der Waals surface area contributed by atoms with Gasteiger partial charge in [0.2, 0.25) is 0 Å². The third-order valence-electron chi connectivity index (χ3n) is 3.41. The highest BCUT2D eigenvalue weighted by Crippen LogP contribution is 2.29. The first-order valence-electron chi connectivity index (χ1n) is 6.53. The molecule has 0 spiro atoms. The Morgan fingerprint density at radius 3 is 2.29 bits per heavy atom. The number of hydrogen-bond donors (Lipinski definition) is 0. The summed E-state index contributed by atoms with van der Waals surface area (Å²) >= 11 is 2.95. The summed E-state index contributed by atoms with van der Waals surface area (Å²) in [5.41, 5.74) is -0.265. The molecule has 2 rings (SSSR count). The predicted molar refractivity (Wildman–Crippen MR) is 81.5 cm³/mol. The van der Waals surface area contributed by atoms with Crippen molar-refractivity contribution in [3.8, 4) is 0 Å². The van der Waals surface area contributed by atoms with Crippen LogP contribution in [0.1, 0.15) is 36.0 Å². The number of likely N-dealkylation sites (tertiary alicyclic amines) is 1. The Kier molecular flexibility index (Phi) is 5.27. The van der Waals surface area contributed by atoms with E-state index in [9.17, 15) is 17.6 Å². The third kappa shape index (κ3) is 3.96. The number of nitrogens with zero attached hydrogens (tertiary/aromatic N) is 1. The second-order valence-corrected chi connectivity index (χ2v) is 8.30. The van der Waals surface area contributed by atoms with Crippen LogP contribution in [0.15, 0.2) is 21.5 Å². The number of amides is 1. The molecule has 1 fully saturated rings. The summed E-state index contributed by atoms with van der Waals surface area (Å²) in [6.45, 7) is 1.11. The van der Waals surface area contributed by atoms with Gasteiger partial charge < -0.3 is 4.90 Å². The molecule has 0 saturated carbocycles. The Bertz CT molecular complexity index is 658. The smallest absolute Gasteiger partial charge is 0.262 e. The molecule has 1 amide bonds. The summed E-state index contributed by atoms with van der Waals surface area (Å²) in [6.07, 6.45) is 3.80. The van der Waals surface area contributed by atoms with Gasteiger partial charge in [-0.25, -0.2) is 12.8 Å². The molecule has 1 saturated heterocycles. The first-order chi connectivity index (χ1) is 9.80. The molecule has 1 aromatic carbocycles. The van der Waals surface area contributed by atoms with Crippen LogP contribution >= 0.6 is 26.6 Å². The van der Waals surface area contributed by atoms with E-state index in [-0.39, 0.29) is 14.9 Å². The molecule has 0 aliphatic carbocycles. The van der Waals surface area contributed by atoms with E-state index in [1.807, 2.05) is 0 Å². The van der Waals surface area contributed by atoms with Crippen molar-refractivity contribution in [3.63, 3.8) is 0 Å². The molecule has 116 valence electrons. The first-order valence-corrected chi connectivity index (χ1v) is 9.64. The second-order valence-electron chi connectivity index (χ2n) is 4.91. The molecule has 1 aliphatic rings. The molecule has 0 bridgehead atoms. The van der Waals surface area contributed by atoms with Gasteiger partial charge in [-0.1, -0.05) is 12.8 Å². The average molecular weight is 399 g/mol. The lowest BCUT2D eigenvalue weighted by molar-refractivity contribution is 0.0756. The van der Waals surface area contributed by atoms with Gasteiger partial charge in [-0.15, -0.1) is 0 Å². The Labute approximate surface area is 135 Å². The van der Waals surface area contributed by atoms with Crippen LogP contribution in [-0.2, 0) is 9.05 Å². The van der Waals surface area contributed by atoms with Crippen molar-refractivity contribution in [1.82, 2.24) is 4.90 Å². The SMILES string of the molecule is O=C(c1cc(S(=O)(=O)Cl)c(Br)cc1F)N1CCCCCC1. The van der Waals surface area contributed by atoms with E-state index in [1.54, 1.807) is 4.90 Å². The number of rotatable bonds is 2. The largest absolute Gasteiger partial charge is 0.339 e. The topological polar surface area (TPSA) is 54.5 Å². The maximum atomic E-state index is 14.0. The van der Waals surface area contributed by atoms with Crippen LogP contribution in [0.4, 0.5) is 4.39 Å². The van der Waals surface area contributed by atoms with Crippen molar-refractivity contribution in [3.05, 3.63) is 28.0 Å². The Morgan fingerprint density at radius 2 is 1.76 bits per heavy atom. The summed E-state index contributed by atoms with van der Waals surface area (Å²) < 4.78 is 36.9. The van der Waals surface area contributed by atoms with Gasteiger partial charge in [-0.05, 0) is 40.9 Å². The monoisotopic (exact) mass is 397 g/mol. The maximum Gasteiger partial charge on any atom is 0.262 e. The van der Waals surface area contributed by atoms with E-state index in [4.69, 9.17) is 10.7 Å². The predicted octanol–water partition coefficient (Wildman–Crippen LogP) is 3.53. The zero-order chi connectivity index (χ0) is 15.6. The van der Waals surface area contributed by atoms with Gasteiger partial charge >= 0.3 is 0 Å². The van der Waals surface area contributed by atoms with Gasteiger partial charge in [-0.3, -0.25) is 4.79 Å². The average Bonchev–Trinajstić information content (AvgIpc) is 2.65. The van der Waals surface area contributed by atoms with E-state index < -0.39 is 20.8 Å². The highest BCUT2D eigenvalue weighted by atomic mass is 79.9. The van der Waals surface area contributed by atoms with E-state index in [0.29, 0.717) is 13.1 Å². The molecule has 0 aromatic heterocycles. The molecule has 0 radical (unpaired) electrons. The van der Waals surface area contributed by atoms with Crippen molar-refractivity contribution < 1.29 is 17.6 Å². The summed E-state index contributed by atoms with van der Waals surface area (Å²) in [5.74, 6) is -1.26. The molecule has 8 heteroatoms. The molecular weight excluding hydrogens is 385 g/mol. The highest BCUT2D eigenvalue weighted by molar-refractivity contribution is 9.10. The maximum absolute atomic E-state index is 14.0. The summed E-state index contributed by atoms with van der Waals surface area (Å²) in [6, 6.07) is 1.95. The molecule has 21 heavy (non-hydrogen) atoms. The molecule has 4 nitrogen and oxygen atoms in total. The fourth-order valence-corrected chi connectivity index (χ4v) is 4.49. The zero-order valence-corrected chi connectivity index (χ0v) is 14.3. The van der Waals surface area contributed by atoms with Gasteiger partial charge in [0.1, 0.15) is 5.82 Å². The summed E-state index contributed by atoms with van der Waals surface area (Å²) in [5, 5.41) is 0. The fourth-order valence-electron chi connectivity index (χ4n) is 2.32. The standard InChI is InChI=1S/C13H14BrClFNO3S/c14-10-8-11(16)9(7-12(10)21(15,19)20)13(18)17-5-3-1-2-4-6-17/h7-8H,1-6H2. The van der Waals surface area contributed by atoms with Crippen molar-refractivity contribution in [1.29, 1.82) is 0 Å². The Hall–Kier alpha value is -0.660. The van der Waals surface area contributed by atoms with Crippen LogP contribution in [0.3, 0.4) is 0 Å². The number of benzene rings is 1. The van der Waals surface area contributed by atoms with Crippen LogP contribution in [0.2, 0.25) is 0 Å². The third-order valence-corrected chi connectivity index (χ3v) is 5.69. The molecule has 0 N–H and O–H groups in total. The minimum atomic E-state index is -4.06. The quantitative estimate of drug-likeness (QED) is 0.716. The molecule has 1 aliphatic heterocycles. The zero-order valence-electron chi connectivity index (χ0n) is 11.1. The lowest BCUT2D eigenvalue weighted by Gasteiger charge is -2.21. The van der Waals surface area contributed by atoms with E-state index in [0.717, 1.165) is 37.8 Å². The minimum Gasteiger partial charge on any atom is -0.339 e. The fraction of sp³-hybridized carbons (Fsp3) is 0.462. The number of carbonyl (C=O) groups excluding carboxylic acids is 1. The van der Waals surface area contributed by atoms with Gasteiger partial charge in [0.25, 0.3) is 15.0 Å². The highest BCUT2D eigenvalue weighted by Gasteiger charge is 2.25. The van der Waals surface area contributed by atoms with Crippen LogP contribution in [0, 0.1) is 5.82 Å². The van der Waals surface area contributed by atoms with E-state index in [2.05, 4.69) is 15.9 Å². The van der Waals surface area contributed by atoms with Gasteiger partial charge in [0, 0.05) is 28.2 Å². The van der Waals surface area contributed by atoms with Crippen molar-refractivity contribution in [2.24, 2.45) is 0 Å². The molecule has 1 heterocycles. The van der Waals surface area contributed by atoms with Crippen molar-refractivity contribution in [2.75, 3.05) is 13.1 Å². The van der Waals surface area contributed by atoms with Crippen LogP contribution in [-0.4, -0.2) is 32.3 Å².